The predicted molar refractivity (Wildman–Crippen MR) is 73.2 cm³/mol. The highest BCUT2D eigenvalue weighted by Gasteiger charge is 2.07. The Labute approximate surface area is 112 Å². The first-order valence-corrected chi connectivity index (χ1v) is 6.13. The van der Waals surface area contributed by atoms with E-state index in [1.165, 1.54) is 0 Å². The molecule has 0 atom stereocenters. The fourth-order valence-corrected chi connectivity index (χ4v) is 1.63. The Morgan fingerprint density at radius 3 is 2.58 bits per heavy atom. The number of rotatable bonds is 6. The SMILES string of the molecule is COc1ccccc1-c1ncc(OCCCN)cn1. The molecular formula is C14H17N3O2. The predicted octanol–water partition coefficient (Wildman–Crippen LogP) is 1.88. The van der Waals surface area contributed by atoms with Gasteiger partial charge >= 0.3 is 0 Å². The van der Waals surface area contributed by atoms with Crippen LogP contribution in [0.3, 0.4) is 0 Å². The molecule has 0 fully saturated rings. The van der Waals surface area contributed by atoms with Gasteiger partial charge in [0.25, 0.3) is 0 Å². The first-order chi connectivity index (χ1) is 9.35. The fraction of sp³-hybridized carbons (Fsp3) is 0.286. The molecule has 0 unspecified atom stereocenters. The van der Waals surface area contributed by atoms with Crippen molar-refractivity contribution in [1.29, 1.82) is 0 Å². The number of nitrogens with two attached hydrogens (primary N) is 1. The fourth-order valence-electron chi connectivity index (χ4n) is 1.63. The largest absolute Gasteiger partial charge is 0.496 e. The minimum Gasteiger partial charge on any atom is -0.496 e. The van der Waals surface area contributed by atoms with Crippen LogP contribution in [0, 0.1) is 0 Å². The van der Waals surface area contributed by atoms with Gasteiger partial charge in [0.05, 0.1) is 31.7 Å². The summed E-state index contributed by atoms with van der Waals surface area (Å²) in [6, 6.07) is 7.63. The summed E-state index contributed by atoms with van der Waals surface area (Å²) in [5, 5.41) is 0. The number of ether oxygens (including phenoxy) is 2. The van der Waals surface area contributed by atoms with Crippen molar-refractivity contribution in [2.45, 2.75) is 6.42 Å². The third-order valence-electron chi connectivity index (χ3n) is 2.59. The molecule has 19 heavy (non-hydrogen) atoms. The molecular weight excluding hydrogens is 242 g/mol. The van der Waals surface area contributed by atoms with Crippen molar-refractivity contribution in [3.63, 3.8) is 0 Å². The van der Waals surface area contributed by atoms with E-state index < -0.39 is 0 Å². The number of para-hydroxylation sites is 1. The van der Waals surface area contributed by atoms with Gasteiger partial charge in [-0.25, -0.2) is 9.97 Å². The van der Waals surface area contributed by atoms with E-state index in [-0.39, 0.29) is 0 Å². The molecule has 0 aliphatic carbocycles. The highest BCUT2D eigenvalue weighted by atomic mass is 16.5. The lowest BCUT2D eigenvalue weighted by atomic mass is 10.2. The molecule has 5 heteroatoms. The van der Waals surface area contributed by atoms with Crippen LogP contribution in [0.15, 0.2) is 36.7 Å². The first-order valence-electron chi connectivity index (χ1n) is 6.13. The summed E-state index contributed by atoms with van der Waals surface area (Å²) < 4.78 is 10.7. The third-order valence-corrected chi connectivity index (χ3v) is 2.59. The molecule has 0 aliphatic heterocycles. The van der Waals surface area contributed by atoms with Crippen molar-refractivity contribution in [1.82, 2.24) is 9.97 Å². The summed E-state index contributed by atoms with van der Waals surface area (Å²) in [6.07, 6.45) is 4.13. The number of hydrogen-bond donors (Lipinski definition) is 1. The minimum atomic E-state index is 0.577. The molecule has 0 amide bonds. The number of methoxy groups -OCH3 is 1. The van der Waals surface area contributed by atoms with E-state index in [4.69, 9.17) is 15.2 Å². The van der Waals surface area contributed by atoms with Gasteiger partial charge in [-0.2, -0.15) is 0 Å². The van der Waals surface area contributed by atoms with E-state index in [9.17, 15) is 0 Å². The summed E-state index contributed by atoms with van der Waals surface area (Å²) in [7, 11) is 1.63. The van der Waals surface area contributed by atoms with Gasteiger partial charge in [-0.1, -0.05) is 12.1 Å². The van der Waals surface area contributed by atoms with Gasteiger partial charge in [0, 0.05) is 0 Å². The zero-order valence-corrected chi connectivity index (χ0v) is 10.9. The van der Waals surface area contributed by atoms with Crippen LogP contribution in [0.2, 0.25) is 0 Å². The van der Waals surface area contributed by atoms with Crippen LogP contribution in [0.5, 0.6) is 11.5 Å². The Balaban J connectivity index is 2.13. The first kappa shape index (κ1) is 13.3. The van der Waals surface area contributed by atoms with Crippen LogP contribution in [-0.2, 0) is 0 Å². The van der Waals surface area contributed by atoms with Crippen molar-refractivity contribution < 1.29 is 9.47 Å². The van der Waals surface area contributed by atoms with Gasteiger partial charge in [-0.15, -0.1) is 0 Å². The van der Waals surface area contributed by atoms with Crippen molar-refractivity contribution in [3.8, 4) is 22.9 Å². The Kier molecular flexibility index (Phi) is 4.69. The molecule has 0 aliphatic rings. The second-order valence-corrected chi connectivity index (χ2v) is 3.93. The maximum Gasteiger partial charge on any atom is 0.163 e. The van der Waals surface area contributed by atoms with Gasteiger partial charge in [-0.05, 0) is 25.1 Å². The van der Waals surface area contributed by atoms with E-state index in [1.807, 2.05) is 24.3 Å². The highest BCUT2D eigenvalue weighted by Crippen LogP contribution is 2.26. The summed E-state index contributed by atoms with van der Waals surface area (Å²) in [5.74, 6) is 2.01. The van der Waals surface area contributed by atoms with E-state index in [1.54, 1.807) is 19.5 Å². The number of benzene rings is 1. The highest BCUT2D eigenvalue weighted by molar-refractivity contribution is 5.63. The molecule has 0 spiro atoms. The van der Waals surface area contributed by atoms with Crippen LogP contribution in [-0.4, -0.2) is 30.2 Å². The third kappa shape index (κ3) is 3.42. The van der Waals surface area contributed by atoms with Crippen molar-refractivity contribution >= 4 is 0 Å². The van der Waals surface area contributed by atoms with Crippen molar-refractivity contribution in [2.75, 3.05) is 20.3 Å². The van der Waals surface area contributed by atoms with E-state index >= 15 is 0 Å². The Morgan fingerprint density at radius 2 is 1.89 bits per heavy atom. The molecule has 1 aromatic heterocycles. The standard InChI is InChI=1S/C14H17N3O2/c1-18-13-6-3-2-5-12(13)14-16-9-11(10-17-14)19-8-4-7-15/h2-3,5-6,9-10H,4,7-8,15H2,1H3. The van der Waals surface area contributed by atoms with Crippen molar-refractivity contribution in [2.24, 2.45) is 5.73 Å². The molecule has 100 valence electrons. The lowest BCUT2D eigenvalue weighted by Gasteiger charge is -2.08. The number of aromatic nitrogens is 2. The molecule has 1 aromatic carbocycles. The molecule has 0 saturated carbocycles. The molecule has 0 saturated heterocycles. The molecule has 1 heterocycles. The van der Waals surface area contributed by atoms with Crippen LogP contribution in [0.1, 0.15) is 6.42 Å². The maximum absolute atomic E-state index is 5.46. The van der Waals surface area contributed by atoms with Crippen LogP contribution in [0.25, 0.3) is 11.4 Å². The van der Waals surface area contributed by atoms with Crippen LogP contribution >= 0.6 is 0 Å². The molecule has 0 bridgehead atoms. The summed E-state index contributed by atoms with van der Waals surface area (Å²) >= 11 is 0. The maximum atomic E-state index is 5.46. The van der Waals surface area contributed by atoms with Gasteiger partial charge in [0.15, 0.2) is 11.6 Å². The average Bonchev–Trinajstić information content (AvgIpc) is 2.48. The molecule has 2 rings (SSSR count). The summed E-state index contributed by atoms with van der Waals surface area (Å²) in [5.41, 5.74) is 6.26. The molecule has 0 radical (unpaired) electrons. The Morgan fingerprint density at radius 1 is 1.16 bits per heavy atom. The quantitative estimate of drug-likeness (QED) is 0.802. The second-order valence-electron chi connectivity index (χ2n) is 3.93. The second kappa shape index (κ2) is 6.70. The lowest BCUT2D eigenvalue weighted by Crippen LogP contribution is -2.06. The van der Waals surface area contributed by atoms with Gasteiger partial charge < -0.3 is 15.2 Å². The Bertz CT molecular complexity index is 514. The normalized spacial score (nSPS) is 10.2. The average molecular weight is 259 g/mol. The van der Waals surface area contributed by atoms with Crippen molar-refractivity contribution in [3.05, 3.63) is 36.7 Å². The Hall–Kier alpha value is -2.14. The van der Waals surface area contributed by atoms with Gasteiger partial charge in [0.1, 0.15) is 5.75 Å². The molecule has 2 N–H and O–H groups in total. The topological polar surface area (TPSA) is 70.3 Å². The number of hydrogen-bond acceptors (Lipinski definition) is 5. The number of nitrogens with zero attached hydrogens (tertiary/aromatic N) is 2. The van der Waals surface area contributed by atoms with E-state index in [2.05, 4.69) is 9.97 Å². The monoisotopic (exact) mass is 259 g/mol. The zero-order valence-electron chi connectivity index (χ0n) is 10.9. The van der Waals surface area contributed by atoms with Crippen LogP contribution < -0.4 is 15.2 Å². The summed E-state index contributed by atoms with van der Waals surface area (Å²) in [4.78, 5) is 8.58. The zero-order chi connectivity index (χ0) is 13.5. The van der Waals surface area contributed by atoms with Crippen LogP contribution in [0.4, 0.5) is 0 Å². The van der Waals surface area contributed by atoms with E-state index in [0.717, 1.165) is 17.7 Å². The molecule has 2 aromatic rings. The molecule has 5 nitrogen and oxygen atoms in total. The van der Waals surface area contributed by atoms with E-state index in [0.29, 0.717) is 24.7 Å². The van der Waals surface area contributed by atoms with Gasteiger partial charge in [0.2, 0.25) is 0 Å². The smallest absolute Gasteiger partial charge is 0.163 e. The summed E-state index contributed by atoms with van der Waals surface area (Å²) in [6.45, 7) is 1.19. The minimum absolute atomic E-state index is 0.577. The lowest BCUT2D eigenvalue weighted by molar-refractivity contribution is 0.311. The van der Waals surface area contributed by atoms with Gasteiger partial charge in [-0.3, -0.25) is 0 Å².